The first-order valence-electron chi connectivity index (χ1n) is 5.01. The summed E-state index contributed by atoms with van der Waals surface area (Å²) in [5, 5.41) is 2.33. The van der Waals surface area contributed by atoms with E-state index in [1.807, 2.05) is 31.2 Å². The Kier molecular flexibility index (Phi) is 3.12. The molecule has 2 aromatic carbocycles. The molecule has 0 saturated carbocycles. The maximum absolute atomic E-state index is 5.74. The zero-order chi connectivity index (χ0) is 10.7. The summed E-state index contributed by atoms with van der Waals surface area (Å²) in [6.45, 7) is 1.97. The Morgan fingerprint density at radius 3 is 2.67 bits per heavy atom. The van der Waals surface area contributed by atoms with Gasteiger partial charge in [-0.1, -0.05) is 36.4 Å². The van der Waals surface area contributed by atoms with Crippen LogP contribution in [-0.4, -0.2) is 12.0 Å². The van der Waals surface area contributed by atoms with E-state index in [-0.39, 0.29) is 6.10 Å². The van der Waals surface area contributed by atoms with E-state index in [4.69, 9.17) is 16.3 Å². The third kappa shape index (κ3) is 2.24. The van der Waals surface area contributed by atoms with Gasteiger partial charge in [-0.2, -0.15) is 0 Å². The van der Waals surface area contributed by atoms with Crippen molar-refractivity contribution < 1.29 is 4.74 Å². The molecule has 2 aromatic rings. The van der Waals surface area contributed by atoms with Gasteiger partial charge in [-0.15, -0.1) is 11.6 Å². The summed E-state index contributed by atoms with van der Waals surface area (Å²) >= 11 is 5.73. The average Bonchev–Trinajstić information content (AvgIpc) is 2.29. The molecule has 1 atom stereocenters. The minimum absolute atomic E-state index is 0.0393. The van der Waals surface area contributed by atoms with Crippen LogP contribution in [0.1, 0.15) is 6.92 Å². The molecule has 0 aromatic heterocycles. The first-order valence-corrected chi connectivity index (χ1v) is 5.55. The molecule has 15 heavy (non-hydrogen) atoms. The van der Waals surface area contributed by atoms with Gasteiger partial charge in [0.25, 0.3) is 0 Å². The van der Waals surface area contributed by atoms with E-state index in [1.165, 1.54) is 5.39 Å². The van der Waals surface area contributed by atoms with Gasteiger partial charge in [0.1, 0.15) is 11.9 Å². The fourth-order valence-corrected chi connectivity index (χ4v) is 1.61. The van der Waals surface area contributed by atoms with Crippen molar-refractivity contribution in [2.24, 2.45) is 0 Å². The third-order valence-electron chi connectivity index (χ3n) is 2.30. The smallest absolute Gasteiger partial charge is 0.127 e. The lowest BCUT2D eigenvalue weighted by Crippen LogP contribution is -2.13. The van der Waals surface area contributed by atoms with Crippen molar-refractivity contribution >= 4 is 22.4 Å². The number of alkyl halides is 1. The first kappa shape index (κ1) is 10.3. The van der Waals surface area contributed by atoms with Crippen LogP contribution in [-0.2, 0) is 0 Å². The standard InChI is InChI=1S/C13H13ClO/c1-10(9-14)15-13-8-4-6-11-5-2-3-7-12(11)13/h2-8,10H,9H2,1H3. The molecule has 0 fully saturated rings. The summed E-state index contributed by atoms with van der Waals surface area (Å²) in [6.07, 6.45) is 0.0393. The lowest BCUT2D eigenvalue weighted by molar-refractivity contribution is 0.248. The van der Waals surface area contributed by atoms with E-state index in [1.54, 1.807) is 0 Å². The maximum atomic E-state index is 5.74. The van der Waals surface area contributed by atoms with E-state index in [0.29, 0.717) is 5.88 Å². The number of rotatable bonds is 3. The largest absolute Gasteiger partial charge is 0.489 e. The number of hydrogen-bond donors (Lipinski definition) is 0. The molecule has 0 bridgehead atoms. The van der Waals surface area contributed by atoms with Crippen molar-refractivity contribution in [2.45, 2.75) is 13.0 Å². The quantitative estimate of drug-likeness (QED) is 0.714. The highest BCUT2D eigenvalue weighted by Crippen LogP contribution is 2.25. The lowest BCUT2D eigenvalue weighted by atomic mass is 10.1. The number of fused-ring (bicyclic) bond motifs is 1. The van der Waals surface area contributed by atoms with Gasteiger partial charge in [-0.05, 0) is 18.4 Å². The fraction of sp³-hybridized carbons (Fsp3) is 0.231. The maximum Gasteiger partial charge on any atom is 0.127 e. The molecule has 2 rings (SSSR count). The summed E-state index contributed by atoms with van der Waals surface area (Å²) in [5.41, 5.74) is 0. The summed E-state index contributed by atoms with van der Waals surface area (Å²) in [4.78, 5) is 0. The van der Waals surface area contributed by atoms with Crippen LogP contribution in [0.3, 0.4) is 0 Å². The molecule has 0 heterocycles. The predicted molar refractivity (Wildman–Crippen MR) is 64.8 cm³/mol. The Hall–Kier alpha value is -1.21. The number of halogens is 1. The number of benzene rings is 2. The fourth-order valence-electron chi connectivity index (χ4n) is 1.55. The molecular weight excluding hydrogens is 208 g/mol. The summed E-state index contributed by atoms with van der Waals surface area (Å²) in [5.74, 6) is 1.41. The van der Waals surface area contributed by atoms with Crippen LogP contribution < -0.4 is 4.74 Å². The second kappa shape index (κ2) is 4.54. The minimum Gasteiger partial charge on any atom is -0.489 e. The van der Waals surface area contributed by atoms with Gasteiger partial charge in [0.2, 0.25) is 0 Å². The van der Waals surface area contributed by atoms with Crippen molar-refractivity contribution in [3.05, 3.63) is 42.5 Å². The highest BCUT2D eigenvalue weighted by Gasteiger charge is 2.05. The summed E-state index contributed by atoms with van der Waals surface area (Å²) in [7, 11) is 0. The predicted octanol–water partition coefficient (Wildman–Crippen LogP) is 3.85. The Bertz CT molecular complexity index is 448. The molecule has 0 amide bonds. The lowest BCUT2D eigenvalue weighted by Gasteiger charge is -2.13. The molecule has 0 N–H and O–H groups in total. The van der Waals surface area contributed by atoms with Gasteiger partial charge in [-0.25, -0.2) is 0 Å². The van der Waals surface area contributed by atoms with E-state index in [9.17, 15) is 0 Å². The van der Waals surface area contributed by atoms with Crippen molar-refractivity contribution in [2.75, 3.05) is 5.88 Å². The van der Waals surface area contributed by atoms with Crippen LogP contribution in [0.25, 0.3) is 10.8 Å². The molecule has 0 aliphatic carbocycles. The first-order chi connectivity index (χ1) is 7.31. The Morgan fingerprint density at radius 1 is 1.13 bits per heavy atom. The van der Waals surface area contributed by atoms with Gasteiger partial charge >= 0.3 is 0 Å². The zero-order valence-corrected chi connectivity index (χ0v) is 9.37. The summed E-state index contributed by atoms with van der Waals surface area (Å²) < 4.78 is 5.74. The molecule has 0 aliphatic rings. The molecule has 1 nitrogen and oxygen atoms in total. The second-order valence-electron chi connectivity index (χ2n) is 3.56. The number of hydrogen-bond acceptors (Lipinski definition) is 1. The van der Waals surface area contributed by atoms with Crippen LogP contribution in [0.2, 0.25) is 0 Å². The van der Waals surface area contributed by atoms with E-state index in [0.717, 1.165) is 11.1 Å². The Balaban J connectivity index is 2.42. The summed E-state index contributed by atoms with van der Waals surface area (Å²) in [6, 6.07) is 14.2. The molecule has 0 radical (unpaired) electrons. The topological polar surface area (TPSA) is 9.23 Å². The highest BCUT2D eigenvalue weighted by molar-refractivity contribution is 6.18. The monoisotopic (exact) mass is 220 g/mol. The second-order valence-corrected chi connectivity index (χ2v) is 3.87. The van der Waals surface area contributed by atoms with Gasteiger partial charge < -0.3 is 4.74 Å². The van der Waals surface area contributed by atoms with E-state index in [2.05, 4.69) is 18.2 Å². The van der Waals surface area contributed by atoms with Gasteiger partial charge in [-0.3, -0.25) is 0 Å². The van der Waals surface area contributed by atoms with Gasteiger partial charge in [0, 0.05) is 5.39 Å². The van der Waals surface area contributed by atoms with Gasteiger partial charge in [0.15, 0.2) is 0 Å². The Morgan fingerprint density at radius 2 is 1.87 bits per heavy atom. The van der Waals surface area contributed by atoms with Gasteiger partial charge in [0.05, 0.1) is 5.88 Å². The van der Waals surface area contributed by atoms with Crippen LogP contribution in [0.15, 0.2) is 42.5 Å². The number of ether oxygens (including phenoxy) is 1. The normalized spacial score (nSPS) is 12.7. The highest BCUT2D eigenvalue weighted by atomic mass is 35.5. The SMILES string of the molecule is CC(CCl)Oc1cccc2ccccc12. The van der Waals surface area contributed by atoms with Crippen LogP contribution in [0.4, 0.5) is 0 Å². The van der Waals surface area contributed by atoms with Crippen molar-refractivity contribution in [3.8, 4) is 5.75 Å². The molecule has 2 heteroatoms. The molecule has 78 valence electrons. The molecular formula is C13H13ClO. The minimum atomic E-state index is 0.0393. The van der Waals surface area contributed by atoms with Crippen LogP contribution in [0.5, 0.6) is 5.75 Å². The van der Waals surface area contributed by atoms with Crippen LogP contribution >= 0.6 is 11.6 Å². The molecule has 0 aliphatic heterocycles. The average molecular weight is 221 g/mol. The van der Waals surface area contributed by atoms with E-state index < -0.39 is 0 Å². The third-order valence-corrected chi connectivity index (χ3v) is 2.73. The van der Waals surface area contributed by atoms with E-state index >= 15 is 0 Å². The molecule has 0 spiro atoms. The molecule has 1 unspecified atom stereocenters. The van der Waals surface area contributed by atoms with Crippen LogP contribution in [0, 0.1) is 0 Å². The Labute approximate surface area is 94.6 Å². The van der Waals surface area contributed by atoms with Crippen molar-refractivity contribution in [1.82, 2.24) is 0 Å². The van der Waals surface area contributed by atoms with Crippen molar-refractivity contribution in [3.63, 3.8) is 0 Å². The zero-order valence-electron chi connectivity index (χ0n) is 8.61. The molecule has 0 saturated heterocycles. The van der Waals surface area contributed by atoms with Crippen molar-refractivity contribution in [1.29, 1.82) is 0 Å².